The van der Waals surface area contributed by atoms with Crippen LogP contribution in [0.1, 0.15) is 58.8 Å². The molecule has 4 nitrogen and oxygen atoms in total. The summed E-state index contributed by atoms with van der Waals surface area (Å²) in [4.78, 5) is 34.8. The van der Waals surface area contributed by atoms with Crippen LogP contribution in [0.4, 0.5) is 0 Å². The Kier molecular flexibility index (Phi) is 9.15. The molecule has 0 spiro atoms. The van der Waals surface area contributed by atoms with Gasteiger partial charge in [0.15, 0.2) is 0 Å². The van der Waals surface area contributed by atoms with E-state index >= 15 is 0 Å². The molecular formula is C14H24O4. The maximum atomic E-state index is 11.8. The van der Waals surface area contributed by atoms with E-state index < -0.39 is 11.9 Å². The minimum atomic E-state index is -0.763. The molecule has 0 saturated carbocycles. The predicted octanol–water partition coefficient (Wildman–Crippen LogP) is 2.68. The van der Waals surface area contributed by atoms with Crippen LogP contribution in [0.15, 0.2) is 0 Å². The van der Waals surface area contributed by atoms with Gasteiger partial charge in [0, 0.05) is 19.3 Å². The van der Waals surface area contributed by atoms with Crippen LogP contribution in [0.2, 0.25) is 0 Å². The highest BCUT2D eigenvalue weighted by Gasteiger charge is 2.26. The molecule has 0 amide bonds. The molecule has 104 valence electrons. The Morgan fingerprint density at radius 3 is 2.17 bits per heavy atom. The Hall–Kier alpha value is -1.19. The van der Waals surface area contributed by atoms with Gasteiger partial charge in [-0.3, -0.25) is 14.4 Å². The Labute approximate surface area is 109 Å². The first-order valence-corrected chi connectivity index (χ1v) is 6.69. The fourth-order valence-corrected chi connectivity index (χ4v) is 1.78. The summed E-state index contributed by atoms with van der Waals surface area (Å²) in [6.45, 7) is 3.91. The van der Waals surface area contributed by atoms with E-state index in [1.807, 2.05) is 13.8 Å². The van der Waals surface area contributed by atoms with E-state index in [1.54, 1.807) is 0 Å². The lowest BCUT2D eigenvalue weighted by atomic mass is 9.93. The van der Waals surface area contributed by atoms with E-state index in [9.17, 15) is 14.4 Å². The number of ether oxygens (including phenoxy) is 1. The van der Waals surface area contributed by atoms with Gasteiger partial charge in [0.1, 0.15) is 17.5 Å². The van der Waals surface area contributed by atoms with Crippen molar-refractivity contribution < 1.29 is 19.1 Å². The summed E-state index contributed by atoms with van der Waals surface area (Å²) in [5.41, 5.74) is 0. The van der Waals surface area contributed by atoms with Gasteiger partial charge in [0.25, 0.3) is 0 Å². The zero-order valence-electron chi connectivity index (χ0n) is 11.7. The molecule has 0 aliphatic heterocycles. The number of esters is 1. The Balaban J connectivity index is 4.29. The van der Waals surface area contributed by atoms with Crippen molar-refractivity contribution in [3.63, 3.8) is 0 Å². The number of unbranched alkanes of at least 4 members (excludes halogenated alkanes) is 1. The van der Waals surface area contributed by atoms with Crippen LogP contribution < -0.4 is 0 Å². The zero-order chi connectivity index (χ0) is 14.0. The van der Waals surface area contributed by atoms with E-state index in [2.05, 4.69) is 4.74 Å². The van der Waals surface area contributed by atoms with Gasteiger partial charge < -0.3 is 4.74 Å². The topological polar surface area (TPSA) is 60.4 Å². The van der Waals surface area contributed by atoms with Crippen LogP contribution >= 0.6 is 0 Å². The molecule has 0 radical (unpaired) electrons. The van der Waals surface area contributed by atoms with E-state index in [0.717, 1.165) is 12.8 Å². The van der Waals surface area contributed by atoms with Crippen LogP contribution in [0.3, 0.4) is 0 Å². The van der Waals surface area contributed by atoms with Crippen molar-refractivity contribution in [1.82, 2.24) is 0 Å². The lowest BCUT2D eigenvalue weighted by Crippen LogP contribution is -2.26. The number of Topliss-reactive ketones (excluding diaryl/α,β-unsaturated/α-hetero) is 2. The number of hydrogen-bond donors (Lipinski definition) is 0. The summed E-state index contributed by atoms with van der Waals surface area (Å²) >= 11 is 0. The normalized spacial score (nSPS) is 11.9. The summed E-state index contributed by atoms with van der Waals surface area (Å²) in [5.74, 6) is -1.28. The van der Waals surface area contributed by atoms with Crippen LogP contribution in [-0.4, -0.2) is 24.6 Å². The average molecular weight is 256 g/mol. The van der Waals surface area contributed by atoms with E-state index in [1.165, 1.54) is 7.11 Å². The number of methoxy groups -OCH3 is 1. The highest BCUT2D eigenvalue weighted by Crippen LogP contribution is 2.15. The molecule has 0 aromatic carbocycles. The molecule has 0 heterocycles. The zero-order valence-corrected chi connectivity index (χ0v) is 11.7. The summed E-state index contributed by atoms with van der Waals surface area (Å²) < 4.78 is 4.62. The molecule has 4 heteroatoms. The highest BCUT2D eigenvalue weighted by atomic mass is 16.5. The fraction of sp³-hybridized carbons (Fsp3) is 0.786. The van der Waals surface area contributed by atoms with Gasteiger partial charge in [-0.2, -0.15) is 0 Å². The van der Waals surface area contributed by atoms with E-state index in [-0.39, 0.29) is 24.4 Å². The van der Waals surface area contributed by atoms with Gasteiger partial charge in [-0.25, -0.2) is 0 Å². The maximum Gasteiger partial charge on any atom is 0.316 e. The smallest absolute Gasteiger partial charge is 0.316 e. The quantitative estimate of drug-likeness (QED) is 0.445. The second-order valence-electron chi connectivity index (χ2n) is 4.47. The van der Waals surface area contributed by atoms with Crippen LogP contribution in [0.5, 0.6) is 0 Å². The summed E-state index contributed by atoms with van der Waals surface area (Å²) in [7, 11) is 1.27. The van der Waals surface area contributed by atoms with E-state index in [0.29, 0.717) is 19.3 Å². The van der Waals surface area contributed by atoms with Crippen molar-refractivity contribution in [3.8, 4) is 0 Å². The summed E-state index contributed by atoms with van der Waals surface area (Å²) in [5, 5.41) is 0. The van der Waals surface area contributed by atoms with Gasteiger partial charge in [-0.15, -0.1) is 0 Å². The van der Waals surface area contributed by atoms with Gasteiger partial charge in [-0.05, 0) is 19.3 Å². The molecule has 0 aliphatic carbocycles. The first-order valence-electron chi connectivity index (χ1n) is 6.69. The second kappa shape index (κ2) is 9.80. The van der Waals surface area contributed by atoms with Gasteiger partial charge in [0.2, 0.25) is 0 Å². The van der Waals surface area contributed by atoms with Gasteiger partial charge in [-0.1, -0.05) is 20.3 Å². The molecule has 0 aromatic heterocycles. The molecule has 1 atom stereocenters. The number of hydrogen-bond acceptors (Lipinski definition) is 4. The van der Waals surface area contributed by atoms with Crippen molar-refractivity contribution >= 4 is 17.5 Å². The fourth-order valence-electron chi connectivity index (χ4n) is 1.78. The third-order valence-corrected chi connectivity index (χ3v) is 2.89. The maximum absolute atomic E-state index is 11.8. The van der Waals surface area contributed by atoms with Crippen molar-refractivity contribution in [3.05, 3.63) is 0 Å². The molecule has 1 unspecified atom stereocenters. The third-order valence-electron chi connectivity index (χ3n) is 2.89. The number of rotatable bonds is 10. The molecule has 0 bridgehead atoms. The van der Waals surface area contributed by atoms with Crippen molar-refractivity contribution in [2.75, 3.05) is 7.11 Å². The molecule has 0 N–H and O–H groups in total. The second-order valence-corrected chi connectivity index (χ2v) is 4.47. The van der Waals surface area contributed by atoms with Crippen LogP contribution in [0.25, 0.3) is 0 Å². The lowest BCUT2D eigenvalue weighted by molar-refractivity contribution is -0.149. The average Bonchev–Trinajstić information content (AvgIpc) is 2.36. The molecular weight excluding hydrogens is 232 g/mol. The van der Waals surface area contributed by atoms with Gasteiger partial charge >= 0.3 is 5.97 Å². The van der Waals surface area contributed by atoms with Gasteiger partial charge in [0.05, 0.1) is 7.11 Å². The summed E-state index contributed by atoms with van der Waals surface area (Å²) in [6, 6.07) is 0. The first-order chi connectivity index (χ1) is 8.56. The highest BCUT2D eigenvalue weighted by molar-refractivity contribution is 5.99. The first kappa shape index (κ1) is 16.8. The summed E-state index contributed by atoms with van der Waals surface area (Å²) in [6.07, 6.45) is 4.01. The SMILES string of the molecule is CCCCC(=O)CCC(C(=O)CCC)C(=O)OC. The molecule has 0 aromatic rings. The lowest BCUT2D eigenvalue weighted by Gasteiger charge is -2.12. The minimum absolute atomic E-state index is 0.118. The Morgan fingerprint density at radius 2 is 1.67 bits per heavy atom. The number of carbonyl (C=O) groups excluding carboxylic acids is 3. The molecule has 0 rings (SSSR count). The largest absolute Gasteiger partial charge is 0.468 e. The standard InChI is InChI=1S/C14H24O4/c1-4-6-8-11(15)9-10-12(14(17)18-3)13(16)7-5-2/h12H,4-10H2,1-3H3. The number of ketones is 2. The van der Waals surface area contributed by atoms with Crippen molar-refractivity contribution in [2.24, 2.45) is 5.92 Å². The number of carbonyl (C=O) groups is 3. The molecule has 0 saturated heterocycles. The molecule has 0 fully saturated rings. The predicted molar refractivity (Wildman–Crippen MR) is 69.2 cm³/mol. The Morgan fingerprint density at radius 1 is 1.00 bits per heavy atom. The van der Waals surface area contributed by atoms with Crippen molar-refractivity contribution in [2.45, 2.75) is 58.8 Å². The molecule has 18 heavy (non-hydrogen) atoms. The monoisotopic (exact) mass is 256 g/mol. The Bertz CT molecular complexity index is 284. The minimum Gasteiger partial charge on any atom is -0.468 e. The van der Waals surface area contributed by atoms with Crippen LogP contribution in [-0.2, 0) is 19.1 Å². The van der Waals surface area contributed by atoms with E-state index in [4.69, 9.17) is 0 Å². The van der Waals surface area contributed by atoms with Crippen LogP contribution in [0, 0.1) is 5.92 Å². The molecule has 0 aliphatic rings. The van der Waals surface area contributed by atoms with Crippen molar-refractivity contribution in [1.29, 1.82) is 0 Å². The third kappa shape index (κ3) is 6.52.